The standard InChI is InChI=1S/C29H39N7.C2H6/c1-21(9-8-12-27-23(3)18-35(34-27)19-25-10-6-5-7-11-25)17-22(2)28-29(30)32-20-33-36(28)24(4)26-13-15-31-16-14-26;1-2/h5-8,10-13,18,20-21,24,31H,9,14-17,19H2,1-4H3,(H2,30,32,33);1-2H3/b12-8-,28-22+;. The largest absolute Gasteiger partial charge is 0.382 e. The van der Waals surface area contributed by atoms with Gasteiger partial charge in [-0.15, -0.1) is 0 Å². The van der Waals surface area contributed by atoms with Crippen LogP contribution in [0.1, 0.15) is 70.7 Å². The summed E-state index contributed by atoms with van der Waals surface area (Å²) in [6, 6.07) is 10.6. The second kappa shape index (κ2) is 14.5. The molecule has 0 saturated carbocycles. The summed E-state index contributed by atoms with van der Waals surface area (Å²) in [6.07, 6.45) is 13.3. The van der Waals surface area contributed by atoms with E-state index in [4.69, 9.17) is 10.8 Å². The number of nitrogens with zero attached hydrogens (tertiary/aromatic N) is 5. The molecule has 0 radical (unpaired) electrons. The minimum Gasteiger partial charge on any atom is -0.382 e. The number of allylic oxidation sites excluding steroid dienone is 2. The minimum absolute atomic E-state index is 0.159. The molecular formula is C31H45N7. The second-order valence-corrected chi connectivity index (χ2v) is 9.96. The lowest BCUT2D eigenvalue weighted by atomic mass is 9.95. The lowest BCUT2D eigenvalue weighted by Gasteiger charge is -2.34. The van der Waals surface area contributed by atoms with Crippen molar-refractivity contribution in [3.63, 3.8) is 0 Å². The third-order valence-electron chi connectivity index (χ3n) is 6.89. The fourth-order valence-electron chi connectivity index (χ4n) is 4.93. The van der Waals surface area contributed by atoms with Gasteiger partial charge in [-0.1, -0.05) is 63.3 Å². The zero-order valence-electron chi connectivity index (χ0n) is 24.0. The van der Waals surface area contributed by atoms with Gasteiger partial charge in [-0.3, -0.25) is 9.69 Å². The van der Waals surface area contributed by atoms with Crippen molar-refractivity contribution in [1.29, 1.82) is 0 Å². The lowest BCUT2D eigenvalue weighted by Crippen LogP contribution is -2.40. The number of aromatic nitrogens is 2. The molecule has 7 nitrogen and oxygen atoms in total. The summed E-state index contributed by atoms with van der Waals surface area (Å²) < 4.78 is 2.02. The summed E-state index contributed by atoms with van der Waals surface area (Å²) >= 11 is 0. The topological polar surface area (TPSA) is 83.8 Å². The van der Waals surface area contributed by atoms with Gasteiger partial charge in [0.05, 0.1) is 18.3 Å². The summed E-state index contributed by atoms with van der Waals surface area (Å²) in [6.45, 7) is 15.4. The van der Waals surface area contributed by atoms with E-state index in [1.165, 1.54) is 22.3 Å². The third-order valence-corrected chi connectivity index (χ3v) is 6.89. The molecule has 3 heterocycles. The number of nitrogens with two attached hydrogens (primary N) is 1. The van der Waals surface area contributed by atoms with E-state index in [0.29, 0.717) is 11.8 Å². The fourth-order valence-corrected chi connectivity index (χ4v) is 4.93. The smallest absolute Gasteiger partial charge is 0.150 e. The first kappa shape index (κ1) is 29.1. The highest BCUT2D eigenvalue weighted by Gasteiger charge is 2.26. The maximum atomic E-state index is 6.37. The molecule has 1 aromatic heterocycles. The van der Waals surface area contributed by atoms with Crippen LogP contribution in [0.4, 0.5) is 0 Å². The van der Waals surface area contributed by atoms with Crippen LogP contribution in [0.3, 0.4) is 0 Å². The van der Waals surface area contributed by atoms with Gasteiger partial charge in [-0.25, -0.2) is 4.99 Å². The number of amidine groups is 1. The van der Waals surface area contributed by atoms with Gasteiger partial charge in [-0.05, 0) is 80.8 Å². The molecule has 38 heavy (non-hydrogen) atoms. The highest BCUT2D eigenvalue weighted by Crippen LogP contribution is 2.27. The van der Waals surface area contributed by atoms with Gasteiger partial charge >= 0.3 is 0 Å². The Kier molecular flexibility index (Phi) is 11.1. The summed E-state index contributed by atoms with van der Waals surface area (Å²) in [5.74, 6) is 1.00. The predicted molar refractivity (Wildman–Crippen MR) is 161 cm³/mol. The van der Waals surface area contributed by atoms with Crippen LogP contribution in [0.25, 0.3) is 6.08 Å². The molecule has 204 valence electrons. The number of aryl methyl sites for hydroxylation is 1. The first-order valence-corrected chi connectivity index (χ1v) is 13.9. The first-order valence-electron chi connectivity index (χ1n) is 13.9. The molecule has 0 saturated heterocycles. The average Bonchev–Trinajstić information content (AvgIpc) is 3.28. The van der Waals surface area contributed by atoms with Crippen molar-refractivity contribution in [3.8, 4) is 0 Å². The third kappa shape index (κ3) is 7.78. The molecular weight excluding hydrogens is 470 g/mol. The van der Waals surface area contributed by atoms with Crippen LogP contribution in [-0.4, -0.2) is 46.1 Å². The van der Waals surface area contributed by atoms with Gasteiger partial charge < -0.3 is 11.1 Å². The quantitative estimate of drug-likeness (QED) is 0.408. The van der Waals surface area contributed by atoms with Crippen LogP contribution >= 0.6 is 0 Å². The highest BCUT2D eigenvalue weighted by atomic mass is 15.5. The van der Waals surface area contributed by atoms with Crippen LogP contribution in [0.15, 0.2) is 75.6 Å². The maximum absolute atomic E-state index is 6.37. The van der Waals surface area contributed by atoms with Gasteiger partial charge in [0.2, 0.25) is 0 Å². The van der Waals surface area contributed by atoms with E-state index >= 15 is 0 Å². The van der Waals surface area contributed by atoms with Crippen molar-refractivity contribution in [2.24, 2.45) is 21.7 Å². The van der Waals surface area contributed by atoms with Crippen LogP contribution in [0.5, 0.6) is 0 Å². The normalized spacial score (nSPS) is 18.4. The summed E-state index contributed by atoms with van der Waals surface area (Å²) in [4.78, 5) is 4.31. The Hall–Kier alpha value is -3.45. The minimum atomic E-state index is 0.159. The SMILES string of the molecule is C/C(CC(C)C/C=C\c1nn(Cc2ccccc2)cc1C)=C1/C(N)=NC=NN1C(C)C1=CCNCC1.CC. The van der Waals surface area contributed by atoms with Crippen molar-refractivity contribution in [2.45, 2.75) is 73.4 Å². The number of rotatable bonds is 9. The van der Waals surface area contributed by atoms with Gasteiger partial charge in [-0.2, -0.15) is 10.2 Å². The molecule has 0 spiro atoms. The van der Waals surface area contributed by atoms with Crippen molar-refractivity contribution in [2.75, 3.05) is 13.1 Å². The van der Waals surface area contributed by atoms with Crippen molar-refractivity contribution in [3.05, 3.63) is 82.3 Å². The van der Waals surface area contributed by atoms with Crippen molar-refractivity contribution >= 4 is 18.3 Å². The molecule has 2 aliphatic heterocycles. The molecule has 0 fully saturated rings. The van der Waals surface area contributed by atoms with E-state index in [2.05, 4.69) is 96.8 Å². The fraction of sp³-hybridized carbons (Fsp3) is 0.452. The zero-order valence-corrected chi connectivity index (χ0v) is 24.0. The number of nitrogens with one attached hydrogen (secondary N) is 1. The van der Waals surface area contributed by atoms with Crippen LogP contribution in [0, 0.1) is 12.8 Å². The second-order valence-electron chi connectivity index (χ2n) is 9.96. The van der Waals surface area contributed by atoms with Crippen LogP contribution < -0.4 is 11.1 Å². The van der Waals surface area contributed by atoms with E-state index in [1.807, 2.05) is 24.6 Å². The Balaban J connectivity index is 0.00000195. The Labute approximate surface area is 228 Å². The Morgan fingerprint density at radius 3 is 2.66 bits per heavy atom. The zero-order chi connectivity index (χ0) is 27.5. The highest BCUT2D eigenvalue weighted by molar-refractivity contribution is 6.02. The van der Waals surface area contributed by atoms with E-state index < -0.39 is 0 Å². The molecule has 7 heteroatoms. The predicted octanol–water partition coefficient (Wildman–Crippen LogP) is 5.89. The Morgan fingerprint density at radius 1 is 1.18 bits per heavy atom. The van der Waals surface area contributed by atoms with Crippen molar-refractivity contribution < 1.29 is 0 Å². The summed E-state index contributed by atoms with van der Waals surface area (Å²) in [5, 5.41) is 14.8. The van der Waals surface area contributed by atoms with Crippen LogP contribution in [-0.2, 0) is 6.54 Å². The molecule has 4 rings (SSSR count). The van der Waals surface area contributed by atoms with Gasteiger partial charge in [0.1, 0.15) is 12.0 Å². The summed E-state index contributed by atoms with van der Waals surface area (Å²) in [7, 11) is 0. The van der Waals surface area contributed by atoms with Gasteiger partial charge in [0, 0.05) is 12.7 Å². The number of hydrogen-bond acceptors (Lipinski definition) is 6. The maximum Gasteiger partial charge on any atom is 0.150 e. The number of hydrogen-bond donors (Lipinski definition) is 2. The molecule has 2 unspecified atom stereocenters. The molecule has 0 aliphatic carbocycles. The number of hydrazone groups is 1. The monoisotopic (exact) mass is 515 g/mol. The average molecular weight is 516 g/mol. The number of benzene rings is 1. The Bertz CT molecular complexity index is 1180. The lowest BCUT2D eigenvalue weighted by molar-refractivity contribution is 0.312. The molecule has 3 N–H and O–H groups in total. The first-order chi connectivity index (χ1) is 18.4. The molecule has 0 bridgehead atoms. The van der Waals surface area contributed by atoms with Gasteiger partial charge in [0.15, 0.2) is 5.84 Å². The van der Waals surface area contributed by atoms with Crippen molar-refractivity contribution in [1.82, 2.24) is 20.1 Å². The summed E-state index contributed by atoms with van der Waals surface area (Å²) in [5.41, 5.74) is 13.4. The van der Waals surface area contributed by atoms with Gasteiger partial charge in [0.25, 0.3) is 0 Å². The molecule has 2 aliphatic rings. The van der Waals surface area contributed by atoms with E-state index in [1.54, 1.807) is 6.34 Å². The van der Waals surface area contributed by atoms with E-state index in [-0.39, 0.29) is 6.04 Å². The van der Waals surface area contributed by atoms with E-state index in [9.17, 15) is 0 Å². The van der Waals surface area contributed by atoms with E-state index in [0.717, 1.165) is 50.3 Å². The van der Waals surface area contributed by atoms with Crippen LogP contribution in [0.2, 0.25) is 0 Å². The molecule has 0 amide bonds. The molecule has 2 atom stereocenters. The number of aliphatic imine (C=N–C) groups is 1. The Morgan fingerprint density at radius 2 is 1.95 bits per heavy atom. The molecule has 2 aromatic rings. The molecule has 1 aromatic carbocycles.